The van der Waals surface area contributed by atoms with E-state index >= 15 is 0 Å². The normalized spacial score (nSPS) is 24.7. The maximum atomic E-state index is 12.4. The second kappa shape index (κ2) is 10.0. The van der Waals surface area contributed by atoms with E-state index in [0.717, 1.165) is 37.6 Å². The zero-order chi connectivity index (χ0) is 25.6. The predicted octanol–water partition coefficient (Wildman–Crippen LogP) is 4.56. The van der Waals surface area contributed by atoms with Crippen LogP contribution in [0.5, 0.6) is 5.75 Å². The molecule has 2 saturated heterocycles. The fraction of sp³-hybridized carbons (Fsp3) is 0.581. The number of nitrogens with one attached hydrogen (secondary N) is 1. The molecule has 4 aliphatic rings. The Hall–Kier alpha value is -2.41. The molecule has 1 atom stereocenters. The van der Waals surface area contributed by atoms with E-state index in [1.165, 1.54) is 55.5 Å². The lowest BCUT2D eigenvalue weighted by Crippen LogP contribution is -2.59. The Balaban J connectivity index is 1.26. The molecule has 1 saturated carbocycles. The Morgan fingerprint density at radius 2 is 1.84 bits per heavy atom. The highest BCUT2D eigenvalue weighted by molar-refractivity contribution is 5.98. The minimum absolute atomic E-state index is 0.0188. The molecule has 1 aliphatic carbocycles. The third kappa shape index (κ3) is 4.68. The lowest BCUT2D eigenvalue weighted by atomic mass is 9.60. The molecule has 3 fully saturated rings. The van der Waals surface area contributed by atoms with Gasteiger partial charge in [0, 0.05) is 45.3 Å². The van der Waals surface area contributed by atoms with Gasteiger partial charge < -0.3 is 15.0 Å². The predicted molar refractivity (Wildman–Crippen MR) is 148 cm³/mol. The van der Waals surface area contributed by atoms with Gasteiger partial charge in [0.15, 0.2) is 6.61 Å². The van der Waals surface area contributed by atoms with Gasteiger partial charge >= 0.3 is 0 Å². The minimum Gasteiger partial charge on any atom is -0.482 e. The van der Waals surface area contributed by atoms with Crippen LogP contribution in [0.15, 0.2) is 42.5 Å². The van der Waals surface area contributed by atoms with Crippen LogP contribution in [0.25, 0.3) is 0 Å². The number of ether oxygens (including phenoxy) is 1. The van der Waals surface area contributed by atoms with Gasteiger partial charge in [-0.05, 0) is 72.9 Å². The molecule has 0 radical (unpaired) electrons. The van der Waals surface area contributed by atoms with Gasteiger partial charge in [0.1, 0.15) is 5.75 Å². The number of piperazine rings is 1. The average Bonchev–Trinajstić information content (AvgIpc) is 2.90. The molecule has 1 amide bonds. The van der Waals surface area contributed by atoms with E-state index in [1.54, 1.807) is 4.90 Å². The van der Waals surface area contributed by atoms with Crippen molar-refractivity contribution in [2.75, 3.05) is 51.3 Å². The molecular weight excluding hydrogens is 460 g/mol. The Bertz CT molecular complexity index is 1130. The maximum Gasteiger partial charge on any atom is 0.264 e. The third-order valence-corrected chi connectivity index (χ3v) is 9.49. The van der Waals surface area contributed by atoms with Crippen LogP contribution >= 0.6 is 0 Å². The van der Waals surface area contributed by atoms with E-state index in [2.05, 4.69) is 65.4 Å². The number of hydrogen-bond donors (Lipinski definition) is 1. The summed E-state index contributed by atoms with van der Waals surface area (Å²) < 4.78 is 5.77. The molecule has 6 rings (SSSR count). The molecule has 198 valence electrons. The Morgan fingerprint density at radius 1 is 1.05 bits per heavy atom. The summed E-state index contributed by atoms with van der Waals surface area (Å²) in [6.07, 6.45) is 5.38. The SMILES string of the molecule is CC(C)c1ccccc1C1CN(Cc2cccc3c2N(C)C(=O)CO3)CCN1C1CC2(CCNCC2)C1. The number of rotatable bonds is 5. The largest absolute Gasteiger partial charge is 0.482 e. The van der Waals surface area contributed by atoms with Crippen molar-refractivity contribution >= 4 is 11.6 Å². The molecule has 1 N–H and O–H groups in total. The van der Waals surface area contributed by atoms with Gasteiger partial charge in [-0.15, -0.1) is 0 Å². The van der Waals surface area contributed by atoms with Gasteiger partial charge in [0.05, 0.1) is 5.69 Å². The molecule has 0 aromatic heterocycles. The van der Waals surface area contributed by atoms with Crippen molar-refractivity contribution < 1.29 is 9.53 Å². The number of carbonyl (C=O) groups excluding carboxylic acids is 1. The lowest BCUT2D eigenvalue weighted by Gasteiger charge is -2.57. The second-order valence-electron chi connectivity index (χ2n) is 12.1. The van der Waals surface area contributed by atoms with E-state index < -0.39 is 0 Å². The van der Waals surface area contributed by atoms with Crippen LogP contribution in [-0.4, -0.2) is 68.1 Å². The first-order valence-corrected chi connectivity index (χ1v) is 14.2. The summed E-state index contributed by atoms with van der Waals surface area (Å²) in [6, 6.07) is 16.4. The lowest BCUT2D eigenvalue weighted by molar-refractivity contribution is -0.121. The highest BCUT2D eigenvalue weighted by Gasteiger charge is 2.49. The summed E-state index contributed by atoms with van der Waals surface area (Å²) in [5, 5.41) is 3.56. The smallest absolute Gasteiger partial charge is 0.264 e. The van der Waals surface area contributed by atoms with Crippen LogP contribution in [0.4, 0.5) is 5.69 Å². The molecule has 0 bridgehead atoms. The van der Waals surface area contributed by atoms with Crippen LogP contribution in [0.2, 0.25) is 0 Å². The van der Waals surface area contributed by atoms with Gasteiger partial charge in [0.2, 0.25) is 0 Å². The second-order valence-corrected chi connectivity index (χ2v) is 12.1. The molecule has 3 aliphatic heterocycles. The van der Waals surface area contributed by atoms with Crippen molar-refractivity contribution in [2.24, 2.45) is 5.41 Å². The molecule has 1 unspecified atom stereocenters. The maximum absolute atomic E-state index is 12.4. The van der Waals surface area contributed by atoms with Crippen molar-refractivity contribution in [3.63, 3.8) is 0 Å². The summed E-state index contributed by atoms with van der Waals surface area (Å²) >= 11 is 0. The van der Waals surface area contributed by atoms with E-state index in [9.17, 15) is 4.79 Å². The Kier molecular flexibility index (Phi) is 6.76. The van der Waals surface area contributed by atoms with Crippen molar-refractivity contribution in [1.82, 2.24) is 15.1 Å². The van der Waals surface area contributed by atoms with E-state index in [4.69, 9.17) is 4.74 Å². The monoisotopic (exact) mass is 502 g/mol. The Labute approximate surface area is 222 Å². The van der Waals surface area contributed by atoms with Gasteiger partial charge in [0.25, 0.3) is 5.91 Å². The number of fused-ring (bicyclic) bond motifs is 1. The highest BCUT2D eigenvalue weighted by Crippen LogP contribution is 2.52. The minimum atomic E-state index is 0.0188. The van der Waals surface area contributed by atoms with E-state index in [-0.39, 0.29) is 12.5 Å². The van der Waals surface area contributed by atoms with Gasteiger partial charge in [-0.1, -0.05) is 50.2 Å². The molecule has 37 heavy (non-hydrogen) atoms. The number of anilines is 1. The van der Waals surface area contributed by atoms with Crippen molar-refractivity contribution in [3.05, 3.63) is 59.2 Å². The first kappa shape index (κ1) is 24.9. The van der Waals surface area contributed by atoms with Crippen LogP contribution in [0.1, 0.15) is 68.2 Å². The summed E-state index contributed by atoms with van der Waals surface area (Å²) in [4.78, 5) is 19.6. The molecule has 6 heteroatoms. The molecule has 2 aromatic carbocycles. The molecule has 6 nitrogen and oxygen atoms in total. The summed E-state index contributed by atoms with van der Waals surface area (Å²) in [5.74, 6) is 1.34. The molecular formula is C31H42N4O2. The van der Waals surface area contributed by atoms with Gasteiger partial charge in [-0.25, -0.2) is 0 Å². The first-order chi connectivity index (χ1) is 17.9. The average molecular weight is 503 g/mol. The number of carbonyl (C=O) groups is 1. The third-order valence-electron chi connectivity index (χ3n) is 9.49. The van der Waals surface area contributed by atoms with Crippen molar-refractivity contribution in [1.29, 1.82) is 0 Å². The number of piperidine rings is 1. The molecule has 2 aromatic rings. The number of nitrogens with zero attached hydrogens (tertiary/aromatic N) is 3. The van der Waals surface area contributed by atoms with Crippen molar-refractivity contribution in [2.45, 2.75) is 64.1 Å². The summed E-state index contributed by atoms with van der Waals surface area (Å²) in [7, 11) is 1.88. The van der Waals surface area contributed by atoms with E-state index in [1.807, 2.05) is 13.1 Å². The number of amides is 1. The fourth-order valence-corrected chi connectivity index (χ4v) is 7.39. The van der Waals surface area contributed by atoms with Crippen molar-refractivity contribution in [3.8, 4) is 5.75 Å². The Morgan fingerprint density at radius 3 is 2.62 bits per heavy atom. The van der Waals surface area contributed by atoms with Gasteiger partial charge in [-0.2, -0.15) is 0 Å². The molecule has 3 heterocycles. The number of para-hydroxylation sites is 1. The summed E-state index contributed by atoms with van der Waals surface area (Å²) in [5.41, 5.74) is 5.67. The molecule has 1 spiro atoms. The number of benzene rings is 2. The highest BCUT2D eigenvalue weighted by atomic mass is 16.5. The van der Waals surface area contributed by atoms with Crippen LogP contribution < -0.4 is 15.0 Å². The fourth-order valence-electron chi connectivity index (χ4n) is 7.39. The van der Waals surface area contributed by atoms with Crippen LogP contribution in [0.3, 0.4) is 0 Å². The zero-order valence-electron chi connectivity index (χ0n) is 22.7. The standard InChI is InChI=1S/C31H42N4O2/c1-22(2)25-8-4-5-9-26(25)27-20-34(15-16-35(27)24-17-31(18-24)11-13-32-14-12-31)19-23-7-6-10-28-30(23)33(3)29(36)21-37-28/h4-10,22,24,27,32H,11-21H2,1-3H3. The number of likely N-dealkylation sites (N-methyl/N-ethyl adjacent to an activating group) is 1. The van der Waals surface area contributed by atoms with Crippen LogP contribution in [-0.2, 0) is 11.3 Å². The first-order valence-electron chi connectivity index (χ1n) is 14.2. The van der Waals surface area contributed by atoms with Gasteiger partial charge in [-0.3, -0.25) is 14.6 Å². The zero-order valence-corrected chi connectivity index (χ0v) is 22.7. The van der Waals surface area contributed by atoms with E-state index in [0.29, 0.717) is 23.4 Å². The number of hydrogen-bond acceptors (Lipinski definition) is 5. The quantitative estimate of drug-likeness (QED) is 0.650. The topological polar surface area (TPSA) is 48.1 Å². The van der Waals surface area contributed by atoms with Crippen LogP contribution in [0, 0.1) is 5.41 Å². The summed E-state index contributed by atoms with van der Waals surface area (Å²) in [6.45, 7) is 11.1.